The van der Waals surface area contributed by atoms with E-state index in [0.717, 1.165) is 12.3 Å². The number of aromatic nitrogens is 1. The van der Waals surface area contributed by atoms with Crippen LogP contribution in [0.5, 0.6) is 0 Å². The number of esters is 1. The topological polar surface area (TPSA) is 111 Å². The molecule has 0 aliphatic rings. The summed E-state index contributed by atoms with van der Waals surface area (Å²) in [6.45, 7) is -2.56. The summed E-state index contributed by atoms with van der Waals surface area (Å²) in [5.41, 5.74) is -0.392. The molecule has 1 aromatic rings. The molecule has 0 atom stereocenters. The number of ether oxygens (including phenoxy) is 1. The van der Waals surface area contributed by atoms with E-state index in [4.69, 9.17) is 0 Å². The molecule has 0 radical (unpaired) electrons. The lowest BCUT2D eigenvalue weighted by atomic mass is 10.3. The highest BCUT2D eigenvalue weighted by atomic mass is 19.4. The molecule has 120 valence electrons. The van der Waals surface area contributed by atoms with E-state index in [9.17, 15) is 32.8 Å². The van der Waals surface area contributed by atoms with E-state index in [0.29, 0.717) is 0 Å². The van der Waals surface area contributed by atoms with Crippen molar-refractivity contribution in [3.05, 3.63) is 35.3 Å². The highest BCUT2D eigenvalue weighted by Crippen LogP contribution is 2.11. The summed E-state index contributed by atoms with van der Waals surface area (Å²) in [7, 11) is 0. The van der Waals surface area contributed by atoms with E-state index in [1.807, 2.05) is 0 Å². The van der Waals surface area contributed by atoms with Crippen LogP contribution in [-0.4, -0.2) is 37.2 Å². The number of pyridine rings is 1. The molecular weight excluding hydrogens is 311 g/mol. The largest absolute Gasteiger partial charge is 0.618 e. The van der Waals surface area contributed by atoms with Gasteiger partial charge in [-0.1, -0.05) is 0 Å². The van der Waals surface area contributed by atoms with Gasteiger partial charge in [0, 0.05) is 12.1 Å². The summed E-state index contributed by atoms with van der Waals surface area (Å²) in [5.74, 6) is -2.28. The number of hydrogen-bond donors (Lipinski definition) is 2. The molecule has 0 unspecified atom stereocenters. The summed E-state index contributed by atoms with van der Waals surface area (Å²) < 4.78 is 40.1. The van der Waals surface area contributed by atoms with Gasteiger partial charge in [0.25, 0.3) is 5.91 Å². The maximum Gasteiger partial charge on any atom is 0.405 e. The second kappa shape index (κ2) is 7.24. The number of carbonyl (C=O) groups is 3. The lowest BCUT2D eigenvalue weighted by Crippen LogP contribution is -2.45. The lowest BCUT2D eigenvalue weighted by Gasteiger charge is -2.09. The fourth-order valence-electron chi connectivity index (χ4n) is 1.18. The molecule has 0 aromatic carbocycles. The number of nitrogens with zero attached hydrogens (tertiary/aromatic N) is 1. The number of hydrogen-bond acceptors (Lipinski definition) is 5. The van der Waals surface area contributed by atoms with Crippen molar-refractivity contribution in [3.63, 3.8) is 0 Å². The molecule has 3 amide bonds. The van der Waals surface area contributed by atoms with E-state index >= 15 is 0 Å². The molecule has 0 spiro atoms. The van der Waals surface area contributed by atoms with E-state index < -0.39 is 42.9 Å². The van der Waals surface area contributed by atoms with Crippen LogP contribution in [0.2, 0.25) is 0 Å². The van der Waals surface area contributed by atoms with Crippen LogP contribution < -0.4 is 15.4 Å². The quantitative estimate of drug-likeness (QED) is 0.456. The summed E-state index contributed by atoms with van der Waals surface area (Å²) >= 11 is 0. The smallest absolute Gasteiger partial charge is 0.405 e. The molecule has 0 fully saturated rings. The maximum absolute atomic E-state index is 11.8. The summed E-state index contributed by atoms with van der Waals surface area (Å²) in [6.07, 6.45) is -3.59. The number of urea groups is 1. The Morgan fingerprint density at radius 3 is 2.55 bits per heavy atom. The summed E-state index contributed by atoms with van der Waals surface area (Å²) in [4.78, 5) is 33.6. The summed E-state index contributed by atoms with van der Waals surface area (Å²) in [5, 5.41) is 14.1. The van der Waals surface area contributed by atoms with E-state index in [-0.39, 0.29) is 4.73 Å². The number of amides is 3. The van der Waals surface area contributed by atoms with E-state index in [2.05, 4.69) is 4.74 Å². The molecule has 0 bridgehead atoms. The van der Waals surface area contributed by atoms with Gasteiger partial charge in [0.2, 0.25) is 0 Å². The van der Waals surface area contributed by atoms with Crippen molar-refractivity contribution in [2.75, 3.05) is 13.2 Å². The van der Waals surface area contributed by atoms with Gasteiger partial charge in [-0.2, -0.15) is 17.9 Å². The second-order valence-electron chi connectivity index (χ2n) is 3.83. The van der Waals surface area contributed by atoms with Gasteiger partial charge in [-0.25, -0.2) is 9.59 Å². The standard InChI is InChI=1S/C11H10F3N3O5/c12-11(13,14)6-15-10(20)16-8(18)5-22-9(19)7-3-1-2-4-17(7)21/h1-4H,5-6H2,(H2,15,16,18,20). The number of carbonyl (C=O) groups excluding carboxylic acids is 3. The zero-order chi connectivity index (χ0) is 16.8. The number of imide groups is 1. The zero-order valence-corrected chi connectivity index (χ0v) is 10.8. The Morgan fingerprint density at radius 2 is 1.95 bits per heavy atom. The van der Waals surface area contributed by atoms with Crippen molar-refractivity contribution >= 4 is 17.9 Å². The molecule has 1 heterocycles. The fraction of sp³-hybridized carbons (Fsp3) is 0.273. The van der Waals surface area contributed by atoms with Gasteiger partial charge in [-0.15, -0.1) is 0 Å². The van der Waals surface area contributed by atoms with Gasteiger partial charge < -0.3 is 15.3 Å². The van der Waals surface area contributed by atoms with E-state index in [1.54, 1.807) is 0 Å². The normalized spacial score (nSPS) is 10.7. The van der Waals surface area contributed by atoms with Crippen LogP contribution in [0.1, 0.15) is 10.5 Å². The van der Waals surface area contributed by atoms with E-state index in [1.165, 1.54) is 22.8 Å². The third-order valence-corrected chi connectivity index (χ3v) is 2.07. The van der Waals surface area contributed by atoms with Crippen molar-refractivity contribution in [2.24, 2.45) is 0 Å². The summed E-state index contributed by atoms with van der Waals surface area (Å²) in [6, 6.07) is 2.50. The molecule has 0 saturated heterocycles. The first-order valence-corrected chi connectivity index (χ1v) is 5.69. The zero-order valence-electron chi connectivity index (χ0n) is 10.8. The predicted octanol–water partition coefficient (Wildman–Crippen LogP) is -0.135. The van der Waals surface area contributed by atoms with Gasteiger partial charge >= 0.3 is 23.9 Å². The first-order valence-electron chi connectivity index (χ1n) is 5.69. The highest BCUT2D eigenvalue weighted by molar-refractivity contribution is 5.96. The second-order valence-corrected chi connectivity index (χ2v) is 3.83. The number of alkyl halides is 3. The Bertz CT molecular complexity index is 576. The minimum atomic E-state index is -4.62. The molecule has 1 aromatic heterocycles. The fourth-order valence-corrected chi connectivity index (χ4v) is 1.18. The Balaban J connectivity index is 2.39. The third kappa shape index (κ3) is 6.07. The molecule has 8 nitrogen and oxygen atoms in total. The average Bonchev–Trinajstić information content (AvgIpc) is 2.42. The van der Waals surface area contributed by atoms with Crippen molar-refractivity contribution in [1.29, 1.82) is 0 Å². The molecular formula is C11H10F3N3O5. The van der Waals surface area contributed by atoms with Crippen LogP contribution in [-0.2, 0) is 9.53 Å². The first-order chi connectivity index (χ1) is 10.2. The average molecular weight is 321 g/mol. The highest BCUT2D eigenvalue weighted by Gasteiger charge is 2.28. The minimum Gasteiger partial charge on any atom is -0.618 e. The van der Waals surface area contributed by atoms with Crippen LogP contribution in [0.25, 0.3) is 0 Å². The number of halogens is 3. The molecule has 11 heteroatoms. The monoisotopic (exact) mass is 321 g/mol. The van der Waals surface area contributed by atoms with Crippen molar-refractivity contribution in [3.8, 4) is 0 Å². The van der Waals surface area contributed by atoms with Gasteiger partial charge in [-0.3, -0.25) is 10.1 Å². The van der Waals surface area contributed by atoms with Crippen LogP contribution in [0.4, 0.5) is 18.0 Å². The Labute approximate surface area is 121 Å². The van der Waals surface area contributed by atoms with Gasteiger partial charge in [0.15, 0.2) is 12.8 Å². The Kier molecular flexibility index (Phi) is 5.66. The van der Waals surface area contributed by atoms with Crippen molar-refractivity contribution in [2.45, 2.75) is 6.18 Å². The van der Waals surface area contributed by atoms with Gasteiger partial charge in [0.05, 0.1) is 0 Å². The predicted molar refractivity (Wildman–Crippen MR) is 63.3 cm³/mol. The SMILES string of the molecule is O=C(COC(=O)c1cccc[n+]1[O-])NC(=O)NCC(F)(F)F. The lowest BCUT2D eigenvalue weighted by molar-refractivity contribution is -0.608. The van der Waals surface area contributed by atoms with Gasteiger partial charge in [-0.05, 0) is 6.07 Å². The number of rotatable bonds is 4. The molecule has 22 heavy (non-hydrogen) atoms. The first kappa shape index (κ1) is 17.2. The minimum absolute atomic E-state index is 0.205. The molecule has 0 saturated carbocycles. The maximum atomic E-state index is 11.8. The third-order valence-electron chi connectivity index (χ3n) is 2.07. The molecule has 2 N–H and O–H groups in total. The van der Waals surface area contributed by atoms with Crippen molar-refractivity contribution in [1.82, 2.24) is 10.6 Å². The van der Waals surface area contributed by atoms with Crippen molar-refractivity contribution < 1.29 is 37.0 Å². The number of nitrogens with one attached hydrogen (secondary N) is 2. The Morgan fingerprint density at radius 1 is 1.27 bits per heavy atom. The van der Waals surface area contributed by atoms with Gasteiger partial charge in [0.1, 0.15) is 6.54 Å². The van der Waals surface area contributed by atoms with Crippen LogP contribution in [0, 0.1) is 5.21 Å². The van der Waals surface area contributed by atoms with Crippen LogP contribution in [0.15, 0.2) is 24.4 Å². The molecule has 1 rings (SSSR count). The molecule has 0 aliphatic heterocycles. The van der Waals surface area contributed by atoms with Crippen LogP contribution in [0.3, 0.4) is 0 Å². The molecule has 0 aliphatic carbocycles. The Hall–Kier alpha value is -2.85. The van der Waals surface area contributed by atoms with Crippen LogP contribution >= 0.6 is 0 Å².